The number of carbonyl (C=O) groups is 1. The van der Waals surface area contributed by atoms with Crippen LogP contribution in [0.3, 0.4) is 0 Å². The van der Waals surface area contributed by atoms with E-state index in [0.29, 0.717) is 24.3 Å². The molecule has 0 aliphatic rings. The first-order chi connectivity index (χ1) is 7.29. The molecule has 0 spiro atoms. The smallest absolute Gasteiger partial charge is 0.255 e. The van der Waals surface area contributed by atoms with Crippen LogP contribution in [-0.2, 0) is 0 Å². The lowest BCUT2D eigenvalue weighted by Crippen LogP contribution is -2.24. The Labute approximate surface area is 88.5 Å². The molecule has 0 atom stereocenters. The van der Waals surface area contributed by atoms with Crippen LogP contribution >= 0.6 is 0 Å². The second-order valence-electron chi connectivity index (χ2n) is 2.86. The van der Waals surface area contributed by atoms with Crippen molar-refractivity contribution in [2.45, 2.75) is 6.42 Å². The number of nitrogens with one attached hydrogen (secondary N) is 1. The van der Waals surface area contributed by atoms with Gasteiger partial charge in [0.05, 0.1) is 25.2 Å². The van der Waals surface area contributed by atoms with E-state index in [0.717, 1.165) is 0 Å². The summed E-state index contributed by atoms with van der Waals surface area (Å²) in [5.41, 5.74) is 0.484. The molecule has 0 radical (unpaired) electrons. The number of rotatable bonds is 4. The van der Waals surface area contributed by atoms with E-state index in [-0.39, 0.29) is 5.91 Å². The van der Waals surface area contributed by atoms with Gasteiger partial charge in [0.1, 0.15) is 5.75 Å². The molecule has 1 aromatic rings. The van der Waals surface area contributed by atoms with Crippen LogP contribution in [0.4, 0.5) is 0 Å². The second kappa shape index (κ2) is 5.66. The zero-order valence-corrected chi connectivity index (χ0v) is 8.49. The quantitative estimate of drug-likeness (QED) is 0.753. The number of hydrogen-bond donors (Lipinski definition) is 1. The highest BCUT2D eigenvalue weighted by Gasteiger charge is 2.09. The molecular formula is C11H12N2O2. The molecule has 4 nitrogen and oxygen atoms in total. The zero-order chi connectivity index (χ0) is 11.1. The van der Waals surface area contributed by atoms with Crippen LogP contribution < -0.4 is 10.1 Å². The first kappa shape index (κ1) is 11.1. The SMILES string of the molecule is COc1ccccc1C(=O)NCCC#N. The van der Waals surface area contributed by atoms with Gasteiger partial charge in [-0.1, -0.05) is 12.1 Å². The van der Waals surface area contributed by atoms with E-state index in [1.165, 1.54) is 7.11 Å². The molecule has 15 heavy (non-hydrogen) atoms. The van der Waals surface area contributed by atoms with Gasteiger partial charge in [0.15, 0.2) is 0 Å². The molecule has 78 valence electrons. The van der Waals surface area contributed by atoms with Crippen molar-refractivity contribution in [1.29, 1.82) is 5.26 Å². The van der Waals surface area contributed by atoms with Gasteiger partial charge in [-0.2, -0.15) is 5.26 Å². The fourth-order valence-electron chi connectivity index (χ4n) is 1.16. The van der Waals surface area contributed by atoms with E-state index in [4.69, 9.17) is 10.00 Å². The molecular weight excluding hydrogens is 192 g/mol. The number of benzene rings is 1. The minimum atomic E-state index is -0.220. The Morgan fingerprint density at radius 1 is 1.53 bits per heavy atom. The highest BCUT2D eigenvalue weighted by atomic mass is 16.5. The Kier molecular flexibility index (Phi) is 4.17. The number of ether oxygens (including phenoxy) is 1. The summed E-state index contributed by atoms with van der Waals surface area (Å²) < 4.78 is 5.05. The molecule has 0 saturated heterocycles. The Bertz CT molecular complexity index is 382. The summed E-state index contributed by atoms with van der Waals surface area (Å²) in [4.78, 5) is 11.6. The van der Waals surface area contributed by atoms with Crippen molar-refractivity contribution >= 4 is 5.91 Å². The van der Waals surface area contributed by atoms with Crippen molar-refractivity contribution in [1.82, 2.24) is 5.32 Å². The predicted molar refractivity (Wildman–Crippen MR) is 55.6 cm³/mol. The van der Waals surface area contributed by atoms with Crippen LogP contribution in [0.5, 0.6) is 5.75 Å². The van der Waals surface area contributed by atoms with Gasteiger partial charge in [-0.3, -0.25) is 4.79 Å². The maximum atomic E-state index is 11.6. The normalized spacial score (nSPS) is 9.07. The number of nitriles is 1. The fourth-order valence-corrected chi connectivity index (χ4v) is 1.16. The minimum Gasteiger partial charge on any atom is -0.496 e. The summed E-state index contributed by atoms with van der Waals surface area (Å²) in [5, 5.41) is 11.0. The molecule has 1 rings (SSSR count). The second-order valence-corrected chi connectivity index (χ2v) is 2.86. The monoisotopic (exact) mass is 204 g/mol. The zero-order valence-electron chi connectivity index (χ0n) is 8.49. The standard InChI is InChI=1S/C11H12N2O2/c1-15-10-6-3-2-5-9(10)11(14)13-8-4-7-12/h2-3,5-6H,4,8H2,1H3,(H,13,14). The lowest BCUT2D eigenvalue weighted by molar-refractivity contribution is 0.0951. The summed E-state index contributed by atoms with van der Waals surface area (Å²) >= 11 is 0. The third-order valence-corrected chi connectivity index (χ3v) is 1.87. The highest BCUT2D eigenvalue weighted by molar-refractivity contribution is 5.96. The first-order valence-corrected chi connectivity index (χ1v) is 4.57. The van der Waals surface area contributed by atoms with Crippen LogP contribution in [0.15, 0.2) is 24.3 Å². The minimum absolute atomic E-state index is 0.220. The molecule has 1 amide bonds. The Balaban J connectivity index is 2.69. The fraction of sp³-hybridized carbons (Fsp3) is 0.273. The summed E-state index contributed by atoms with van der Waals surface area (Å²) in [5.74, 6) is 0.314. The predicted octanol–water partition coefficient (Wildman–Crippen LogP) is 1.34. The summed E-state index contributed by atoms with van der Waals surface area (Å²) in [7, 11) is 1.52. The average molecular weight is 204 g/mol. The number of para-hydroxylation sites is 1. The van der Waals surface area contributed by atoms with Gasteiger partial charge < -0.3 is 10.1 Å². The van der Waals surface area contributed by atoms with Gasteiger partial charge in [0, 0.05) is 6.54 Å². The third kappa shape index (κ3) is 2.99. The number of hydrogen-bond acceptors (Lipinski definition) is 3. The number of carbonyl (C=O) groups excluding carboxylic acids is 1. The molecule has 1 aromatic carbocycles. The molecule has 0 saturated carbocycles. The van der Waals surface area contributed by atoms with E-state index in [9.17, 15) is 4.79 Å². The van der Waals surface area contributed by atoms with Crippen molar-refractivity contribution in [3.8, 4) is 11.8 Å². The van der Waals surface area contributed by atoms with Gasteiger partial charge in [0.2, 0.25) is 0 Å². The van der Waals surface area contributed by atoms with Gasteiger partial charge in [-0.05, 0) is 12.1 Å². The van der Waals surface area contributed by atoms with Crippen molar-refractivity contribution in [2.75, 3.05) is 13.7 Å². The number of nitrogens with zero attached hydrogens (tertiary/aromatic N) is 1. The Morgan fingerprint density at radius 3 is 2.93 bits per heavy atom. The van der Waals surface area contributed by atoms with Crippen LogP contribution in [-0.4, -0.2) is 19.6 Å². The molecule has 0 bridgehead atoms. The number of methoxy groups -OCH3 is 1. The maximum Gasteiger partial charge on any atom is 0.255 e. The van der Waals surface area contributed by atoms with E-state index < -0.39 is 0 Å². The molecule has 0 aliphatic heterocycles. The highest BCUT2D eigenvalue weighted by Crippen LogP contribution is 2.16. The van der Waals surface area contributed by atoms with Gasteiger partial charge in [0.25, 0.3) is 5.91 Å². The molecule has 0 unspecified atom stereocenters. The van der Waals surface area contributed by atoms with E-state index in [2.05, 4.69) is 5.32 Å². The number of amides is 1. The Morgan fingerprint density at radius 2 is 2.27 bits per heavy atom. The summed E-state index contributed by atoms with van der Waals surface area (Å²) in [6.07, 6.45) is 0.306. The first-order valence-electron chi connectivity index (χ1n) is 4.57. The van der Waals surface area contributed by atoms with E-state index in [1.807, 2.05) is 6.07 Å². The van der Waals surface area contributed by atoms with Gasteiger partial charge >= 0.3 is 0 Å². The molecule has 0 fully saturated rings. The average Bonchev–Trinajstić information content (AvgIpc) is 2.29. The van der Waals surface area contributed by atoms with E-state index >= 15 is 0 Å². The van der Waals surface area contributed by atoms with Crippen LogP contribution in [0, 0.1) is 11.3 Å². The lowest BCUT2D eigenvalue weighted by Gasteiger charge is -2.07. The summed E-state index contributed by atoms with van der Waals surface area (Å²) in [6.45, 7) is 0.355. The van der Waals surface area contributed by atoms with Gasteiger partial charge in [-0.25, -0.2) is 0 Å². The van der Waals surface area contributed by atoms with Crippen molar-refractivity contribution < 1.29 is 9.53 Å². The third-order valence-electron chi connectivity index (χ3n) is 1.87. The summed E-state index contributed by atoms with van der Waals surface area (Å²) in [6, 6.07) is 8.92. The largest absolute Gasteiger partial charge is 0.496 e. The van der Waals surface area contributed by atoms with Crippen LogP contribution in [0.2, 0.25) is 0 Å². The topological polar surface area (TPSA) is 62.1 Å². The molecule has 4 heteroatoms. The van der Waals surface area contributed by atoms with Crippen molar-refractivity contribution in [3.63, 3.8) is 0 Å². The molecule has 0 aliphatic carbocycles. The van der Waals surface area contributed by atoms with Gasteiger partial charge in [-0.15, -0.1) is 0 Å². The van der Waals surface area contributed by atoms with Crippen molar-refractivity contribution in [3.05, 3.63) is 29.8 Å². The van der Waals surface area contributed by atoms with E-state index in [1.54, 1.807) is 24.3 Å². The molecule has 0 aromatic heterocycles. The molecule has 0 heterocycles. The molecule has 1 N–H and O–H groups in total. The maximum absolute atomic E-state index is 11.6. The van der Waals surface area contributed by atoms with Crippen LogP contribution in [0.25, 0.3) is 0 Å². The lowest BCUT2D eigenvalue weighted by atomic mass is 10.2. The van der Waals surface area contributed by atoms with Crippen molar-refractivity contribution in [2.24, 2.45) is 0 Å². The van der Waals surface area contributed by atoms with Crippen LogP contribution in [0.1, 0.15) is 16.8 Å². The Hall–Kier alpha value is -2.02.